The average Bonchev–Trinajstić information content (AvgIpc) is 3.41. The average molecular weight is 352 g/mol. The number of aryl methyl sites for hydroxylation is 2. The molecule has 0 bridgehead atoms. The highest BCUT2D eigenvalue weighted by atomic mass is 16.5. The summed E-state index contributed by atoms with van der Waals surface area (Å²) in [6.07, 6.45) is 2.33. The van der Waals surface area contributed by atoms with Crippen molar-refractivity contribution in [2.75, 3.05) is 11.9 Å². The number of amides is 2. The molecule has 0 unspecified atom stereocenters. The molecule has 0 heterocycles. The summed E-state index contributed by atoms with van der Waals surface area (Å²) in [7, 11) is 0. The second-order valence-corrected chi connectivity index (χ2v) is 6.74. The number of hydrogen-bond acceptors (Lipinski definition) is 3. The highest BCUT2D eigenvalue weighted by Crippen LogP contribution is 2.20. The van der Waals surface area contributed by atoms with Crippen LogP contribution in [0.5, 0.6) is 5.75 Å². The van der Waals surface area contributed by atoms with Crippen LogP contribution in [0.2, 0.25) is 0 Å². The lowest BCUT2D eigenvalue weighted by molar-refractivity contribution is -0.116. The normalized spacial score (nSPS) is 13.2. The fraction of sp³-hybridized carbons (Fsp3) is 0.333. The van der Waals surface area contributed by atoms with Gasteiger partial charge in [0.2, 0.25) is 5.91 Å². The quantitative estimate of drug-likeness (QED) is 0.800. The van der Waals surface area contributed by atoms with Gasteiger partial charge in [0.1, 0.15) is 5.75 Å². The standard InChI is InChI=1S/C21H24N2O3/c1-14-6-9-19(15(2)12-14)26-11-10-20(24)22-18-5-3-4-16(13-18)21(25)23-17-7-8-17/h3-6,9,12-13,17H,7-8,10-11H2,1-2H3,(H,22,24)(H,23,25). The molecule has 1 aliphatic carbocycles. The maximum atomic E-state index is 12.1. The van der Waals surface area contributed by atoms with Gasteiger partial charge in [0, 0.05) is 17.3 Å². The van der Waals surface area contributed by atoms with E-state index in [1.54, 1.807) is 24.3 Å². The van der Waals surface area contributed by atoms with E-state index in [-0.39, 0.29) is 18.2 Å². The third-order valence-electron chi connectivity index (χ3n) is 4.24. The van der Waals surface area contributed by atoms with Crippen molar-refractivity contribution in [1.82, 2.24) is 5.32 Å². The first-order valence-electron chi connectivity index (χ1n) is 8.92. The molecule has 5 nitrogen and oxygen atoms in total. The van der Waals surface area contributed by atoms with Crippen molar-refractivity contribution < 1.29 is 14.3 Å². The van der Waals surface area contributed by atoms with Crippen molar-refractivity contribution in [2.45, 2.75) is 39.2 Å². The van der Waals surface area contributed by atoms with Gasteiger partial charge >= 0.3 is 0 Å². The van der Waals surface area contributed by atoms with Gasteiger partial charge in [-0.2, -0.15) is 0 Å². The molecule has 1 saturated carbocycles. The van der Waals surface area contributed by atoms with Crippen molar-refractivity contribution in [3.8, 4) is 5.75 Å². The van der Waals surface area contributed by atoms with Crippen molar-refractivity contribution >= 4 is 17.5 Å². The van der Waals surface area contributed by atoms with Gasteiger partial charge in [-0.25, -0.2) is 0 Å². The van der Waals surface area contributed by atoms with E-state index in [0.717, 1.165) is 24.2 Å². The van der Waals surface area contributed by atoms with Gasteiger partial charge in [-0.05, 0) is 56.5 Å². The predicted octanol–water partition coefficient (Wildman–Crippen LogP) is 3.60. The van der Waals surface area contributed by atoms with Crippen LogP contribution < -0.4 is 15.4 Å². The van der Waals surface area contributed by atoms with Gasteiger partial charge in [-0.15, -0.1) is 0 Å². The summed E-state index contributed by atoms with van der Waals surface area (Å²) in [5, 5.41) is 5.76. The SMILES string of the molecule is Cc1ccc(OCCC(=O)Nc2cccc(C(=O)NC3CC3)c2)c(C)c1. The molecule has 2 N–H and O–H groups in total. The summed E-state index contributed by atoms with van der Waals surface area (Å²) in [5.74, 6) is 0.554. The molecule has 0 aromatic heterocycles. The minimum atomic E-state index is -0.144. The Labute approximate surface area is 153 Å². The van der Waals surface area contributed by atoms with Gasteiger partial charge in [0.25, 0.3) is 5.91 Å². The minimum Gasteiger partial charge on any atom is -0.493 e. The maximum Gasteiger partial charge on any atom is 0.251 e. The number of benzene rings is 2. The van der Waals surface area contributed by atoms with Crippen LogP contribution in [-0.2, 0) is 4.79 Å². The number of carbonyl (C=O) groups excluding carboxylic acids is 2. The molecule has 2 aromatic carbocycles. The molecule has 0 spiro atoms. The monoisotopic (exact) mass is 352 g/mol. The van der Waals surface area contributed by atoms with Crippen molar-refractivity contribution in [1.29, 1.82) is 0 Å². The largest absolute Gasteiger partial charge is 0.493 e. The Morgan fingerprint density at radius 2 is 1.92 bits per heavy atom. The van der Waals surface area contributed by atoms with Crippen LogP contribution >= 0.6 is 0 Å². The summed E-state index contributed by atoms with van der Waals surface area (Å²) in [6.45, 7) is 4.32. The second-order valence-electron chi connectivity index (χ2n) is 6.74. The number of nitrogens with one attached hydrogen (secondary N) is 2. The molecule has 0 saturated heterocycles. The molecule has 3 rings (SSSR count). The topological polar surface area (TPSA) is 67.4 Å². The van der Waals surface area contributed by atoms with E-state index in [4.69, 9.17) is 4.74 Å². The van der Waals surface area contributed by atoms with Crippen LogP contribution in [0.1, 0.15) is 40.7 Å². The van der Waals surface area contributed by atoms with Crippen molar-refractivity contribution in [3.05, 3.63) is 59.2 Å². The smallest absolute Gasteiger partial charge is 0.251 e. The highest BCUT2D eigenvalue weighted by molar-refractivity contribution is 5.97. The zero-order valence-electron chi connectivity index (χ0n) is 15.2. The predicted molar refractivity (Wildman–Crippen MR) is 102 cm³/mol. The summed E-state index contributed by atoms with van der Waals surface area (Å²) in [5.41, 5.74) is 3.41. The molecular weight excluding hydrogens is 328 g/mol. The molecule has 1 fully saturated rings. The van der Waals surface area contributed by atoms with Gasteiger partial charge < -0.3 is 15.4 Å². The van der Waals surface area contributed by atoms with E-state index in [9.17, 15) is 9.59 Å². The molecule has 2 aromatic rings. The van der Waals surface area contributed by atoms with Crippen LogP contribution in [-0.4, -0.2) is 24.5 Å². The van der Waals surface area contributed by atoms with Crippen molar-refractivity contribution in [3.63, 3.8) is 0 Å². The molecule has 1 aliphatic rings. The fourth-order valence-electron chi connectivity index (χ4n) is 2.67. The zero-order chi connectivity index (χ0) is 18.5. The van der Waals surface area contributed by atoms with E-state index in [0.29, 0.717) is 23.9 Å². The molecule has 136 valence electrons. The van der Waals surface area contributed by atoms with Crippen LogP contribution in [0.3, 0.4) is 0 Å². The lowest BCUT2D eigenvalue weighted by Gasteiger charge is -2.10. The molecule has 0 radical (unpaired) electrons. The van der Waals surface area contributed by atoms with Crippen LogP contribution in [0, 0.1) is 13.8 Å². The van der Waals surface area contributed by atoms with E-state index in [2.05, 4.69) is 10.6 Å². The zero-order valence-corrected chi connectivity index (χ0v) is 15.2. The van der Waals surface area contributed by atoms with Gasteiger partial charge in [-0.1, -0.05) is 23.8 Å². The lowest BCUT2D eigenvalue weighted by atomic mass is 10.1. The van der Waals surface area contributed by atoms with Crippen LogP contribution in [0.15, 0.2) is 42.5 Å². The first-order chi connectivity index (χ1) is 12.5. The van der Waals surface area contributed by atoms with E-state index < -0.39 is 0 Å². The molecule has 0 aliphatic heterocycles. The molecular formula is C21H24N2O3. The van der Waals surface area contributed by atoms with Gasteiger partial charge in [-0.3, -0.25) is 9.59 Å². The third kappa shape index (κ3) is 5.09. The molecule has 26 heavy (non-hydrogen) atoms. The Morgan fingerprint density at radius 3 is 2.65 bits per heavy atom. The Hall–Kier alpha value is -2.82. The Kier molecular flexibility index (Phi) is 5.56. The van der Waals surface area contributed by atoms with E-state index in [1.165, 1.54) is 5.56 Å². The summed E-state index contributed by atoms with van der Waals surface area (Å²) in [4.78, 5) is 24.2. The van der Waals surface area contributed by atoms with Crippen molar-refractivity contribution in [2.24, 2.45) is 0 Å². The maximum absolute atomic E-state index is 12.1. The van der Waals surface area contributed by atoms with Gasteiger partial charge in [0.15, 0.2) is 0 Å². The fourth-order valence-corrected chi connectivity index (χ4v) is 2.67. The Morgan fingerprint density at radius 1 is 1.12 bits per heavy atom. The lowest BCUT2D eigenvalue weighted by Crippen LogP contribution is -2.25. The number of carbonyl (C=O) groups is 2. The van der Waals surface area contributed by atoms with Crippen LogP contribution in [0.25, 0.3) is 0 Å². The molecule has 2 amide bonds. The first-order valence-corrected chi connectivity index (χ1v) is 8.92. The number of rotatable bonds is 7. The summed E-state index contributed by atoms with van der Waals surface area (Å²) >= 11 is 0. The third-order valence-corrected chi connectivity index (χ3v) is 4.24. The van der Waals surface area contributed by atoms with E-state index in [1.807, 2.05) is 32.0 Å². The summed E-state index contributed by atoms with van der Waals surface area (Å²) in [6, 6.07) is 13.2. The molecule has 0 atom stereocenters. The Bertz CT molecular complexity index is 813. The Balaban J connectivity index is 1.49. The number of anilines is 1. The van der Waals surface area contributed by atoms with Crippen LogP contribution in [0.4, 0.5) is 5.69 Å². The first kappa shape index (κ1) is 18.0. The highest BCUT2D eigenvalue weighted by Gasteiger charge is 2.23. The second kappa shape index (κ2) is 8.04. The van der Waals surface area contributed by atoms with Gasteiger partial charge in [0.05, 0.1) is 13.0 Å². The number of hydrogen-bond donors (Lipinski definition) is 2. The van der Waals surface area contributed by atoms with E-state index >= 15 is 0 Å². The minimum absolute atomic E-state index is 0.0956. The molecule has 5 heteroatoms. The number of ether oxygens (including phenoxy) is 1. The summed E-state index contributed by atoms with van der Waals surface area (Å²) < 4.78 is 5.69.